The number of nitrogens with one attached hydrogen (secondary N) is 3. The van der Waals surface area contributed by atoms with Gasteiger partial charge in [0, 0.05) is 17.6 Å². The Hall–Kier alpha value is -2.89. The molecule has 8 nitrogen and oxygen atoms in total. The maximum atomic E-state index is 12.8. The molecule has 1 atom stereocenters. The van der Waals surface area contributed by atoms with Gasteiger partial charge in [-0.05, 0) is 41.7 Å². The van der Waals surface area contributed by atoms with Gasteiger partial charge in [-0.15, -0.1) is 0 Å². The minimum atomic E-state index is -4.37. The lowest BCUT2D eigenvalue weighted by Crippen LogP contribution is -2.53. The highest BCUT2D eigenvalue weighted by molar-refractivity contribution is 7.92. The summed E-state index contributed by atoms with van der Waals surface area (Å²) in [4.78, 5) is 28.9. The molecular weight excluding hydrogens is 473 g/mol. The Kier molecular flexibility index (Phi) is 6.84. The summed E-state index contributed by atoms with van der Waals surface area (Å²) in [7, 11) is -3.52. The molecule has 0 aliphatic carbocycles. The van der Waals surface area contributed by atoms with Gasteiger partial charge in [-0.25, -0.2) is 13.4 Å². The molecule has 0 unspecified atom stereocenters. The molecule has 0 bridgehead atoms. The molecule has 1 aliphatic heterocycles. The Labute approximate surface area is 195 Å². The number of aromatic nitrogens is 1. The number of nitrogens with zero attached hydrogens (tertiary/aromatic N) is 1. The number of hydrogen-bond donors (Lipinski definition) is 3. The van der Waals surface area contributed by atoms with Crippen LogP contribution in [-0.2, 0) is 20.0 Å². The topological polar surface area (TPSA) is 117 Å². The molecular formula is C22H27F3N4O4S. The van der Waals surface area contributed by atoms with Crippen molar-refractivity contribution in [1.29, 1.82) is 0 Å². The SMILES string of the molecule is Cc1cc(C(=O)NC[C@@H]2CS(=O)(=O)CC(=O)N2)nc2c(C(C)(C)C)cc(NCC(F)(F)F)cc12. The summed E-state index contributed by atoms with van der Waals surface area (Å²) in [6.45, 7) is 6.15. The zero-order valence-corrected chi connectivity index (χ0v) is 20.1. The Morgan fingerprint density at radius 2 is 1.88 bits per heavy atom. The molecule has 12 heteroatoms. The van der Waals surface area contributed by atoms with Gasteiger partial charge in [-0.1, -0.05) is 20.8 Å². The fourth-order valence-electron chi connectivity index (χ4n) is 3.78. The molecule has 3 rings (SSSR count). The average Bonchev–Trinajstić information content (AvgIpc) is 2.67. The van der Waals surface area contributed by atoms with E-state index in [1.807, 2.05) is 20.8 Å². The van der Waals surface area contributed by atoms with Crippen molar-refractivity contribution in [1.82, 2.24) is 15.6 Å². The molecule has 1 fully saturated rings. The number of pyridine rings is 1. The molecule has 0 radical (unpaired) electrons. The second kappa shape index (κ2) is 9.05. The Morgan fingerprint density at radius 1 is 1.21 bits per heavy atom. The van der Waals surface area contributed by atoms with Gasteiger partial charge in [-0.2, -0.15) is 13.2 Å². The highest BCUT2D eigenvalue weighted by Crippen LogP contribution is 2.34. The van der Waals surface area contributed by atoms with E-state index in [-0.39, 0.29) is 18.0 Å². The van der Waals surface area contributed by atoms with Gasteiger partial charge in [0.05, 0.1) is 17.3 Å². The number of fused-ring (bicyclic) bond motifs is 1. The number of aryl methyl sites for hydroxylation is 1. The summed E-state index contributed by atoms with van der Waals surface area (Å²) in [5, 5.41) is 8.16. The highest BCUT2D eigenvalue weighted by Gasteiger charge is 2.30. The lowest BCUT2D eigenvalue weighted by atomic mass is 9.84. The fourth-order valence-corrected chi connectivity index (χ4v) is 5.19. The average molecular weight is 501 g/mol. The van der Waals surface area contributed by atoms with Crippen molar-refractivity contribution in [2.24, 2.45) is 0 Å². The van der Waals surface area contributed by atoms with Crippen molar-refractivity contribution >= 4 is 38.2 Å². The number of carbonyl (C=O) groups is 2. The summed E-state index contributed by atoms with van der Waals surface area (Å²) in [6, 6.07) is 3.95. The standard InChI is InChI=1S/C22H27F3N4O4S/c1-12-5-17(20(31)26-8-14-9-34(32,33)10-18(30)28-14)29-19-15(12)6-13(27-11-22(23,24)25)7-16(19)21(2,3)4/h5-7,14,27H,8-11H2,1-4H3,(H,26,31)(H,28,30)/t14-/m1/s1. The van der Waals surface area contributed by atoms with Crippen LogP contribution < -0.4 is 16.0 Å². The first-order valence-electron chi connectivity index (χ1n) is 10.6. The molecule has 1 aromatic heterocycles. The Bertz CT molecular complexity index is 1240. The first-order valence-corrected chi connectivity index (χ1v) is 12.4. The molecule has 1 aliphatic rings. The number of alkyl halides is 3. The van der Waals surface area contributed by atoms with Crippen molar-refractivity contribution in [3.63, 3.8) is 0 Å². The van der Waals surface area contributed by atoms with Gasteiger partial charge in [0.25, 0.3) is 5.91 Å². The van der Waals surface area contributed by atoms with Crippen molar-refractivity contribution in [2.45, 2.75) is 45.3 Å². The van der Waals surface area contributed by atoms with Gasteiger partial charge in [0.15, 0.2) is 9.84 Å². The van der Waals surface area contributed by atoms with Crippen LogP contribution in [0.5, 0.6) is 0 Å². The van der Waals surface area contributed by atoms with Crippen molar-refractivity contribution in [2.75, 3.05) is 29.9 Å². The number of benzene rings is 1. The van der Waals surface area contributed by atoms with E-state index < -0.39 is 51.6 Å². The minimum absolute atomic E-state index is 0.0801. The number of sulfone groups is 1. The van der Waals surface area contributed by atoms with Gasteiger partial charge >= 0.3 is 6.18 Å². The largest absolute Gasteiger partial charge is 0.405 e. The normalized spacial score (nSPS) is 18.4. The second-order valence-electron chi connectivity index (χ2n) is 9.49. The van der Waals surface area contributed by atoms with E-state index in [1.54, 1.807) is 19.1 Å². The van der Waals surface area contributed by atoms with Crippen molar-refractivity contribution in [3.05, 3.63) is 35.0 Å². The molecule has 186 valence electrons. The maximum Gasteiger partial charge on any atom is 0.405 e. The summed E-state index contributed by atoms with van der Waals surface area (Å²) >= 11 is 0. The molecule has 3 N–H and O–H groups in total. The van der Waals surface area contributed by atoms with Crippen molar-refractivity contribution < 1.29 is 31.2 Å². The van der Waals surface area contributed by atoms with Crippen LogP contribution in [0.25, 0.3) is 10.9 Å². The molecule has 0 saturated carbocycles. The zero-order chi connectivity index (χ0) is 25.5. The second-order valence-corrected chi connectivity index (χ2v) is 11.6. The van der Waals surface area contributed by atoms with Gasteiger partial charge in [-0.3, -0.25) is 9.59 Å². The Morgan fingerprint density at radius 3 is 2.47 bits per heavy atom. The van der Waals surface area contributed by atoms with Crippen LogP contribution >= 0.6 is 0 Å². The third-order valence-corrected chi connectivity index (χ3v) is 6.95. The number of halogens is 3. The van der Waals surface area contributed by atoms with E-state index >= 15 is 0 Å². The van der Waals surface area contributed by atoms with E-state index in [0.717, 1.165) is 0 Å². The molecule has 2 amide bonds. The van der Waals surface area contributed by atoms with Crippen LogP contribution in [0.2, 0.25) is 0 Å². The quantitative estimate of drug-likeness (QED) is 0.581. The van der Waals surface area contributed by atoms with Gasteiger partial charge in [0.1, 0.15) is 18.0 Å². The smallest absolute Gasteiger partial charge is 0.376 e. The monoisotopic (exact) mass is 500 g/mol. The molecule has 0 spiro atoms. The van der Waals surface area contributed by atoms with Gasteiger partial charge < -0.3 is 16.0 Å². The number of hydrogen-bond acceptors (Lipinski definition) is 6. The number of rotatable bonds is 5. The van der Waals surface area contributed by atoms with Crippen molar-refractivity contribution in [3.8, 4) is 0 Å². The molecule has 34 heavy (non-hydrogen) atoms. The van der Waals surface area contributed by atoms with E-state index in [4.69, 9.17) is 0 Å². The lowest BCUT2D eigenvalue weighted by molar-refractivity contribution is -0.119. The maximum absolute atomic E-state index is 12.8. The first kappa shape index (κ1) is 25.7. The molecule has 2 heterocycles. The third-order valence-electron chi connectivity index (χ3n) is 5.33. The van der Waals surface area contributed by atoms with Crippen LogP contribution in [-0.4, -0.2) is 62.0 Å². The summed E-state index contributed by atoms with van der Waals surface area (Å²) in [6.07, 6.45) is -4.37. The highest BCUT2D eigenvalue weighted by atomic mass is 32.2. The summed E-state index contributed by atoms with van der Waals surface area (Å²) in [5.74, 6) is -2.01. The Balaban J connectivity index is 1.91. The summed E-state index contributed by atoms with van der Waals surface area (Å²) < 4.78 is 61.7. The fraction of sp³-hybridized carbons (Fsp3) is 0.500. The third kappa shape index (κ3) is 6.37. The minimum Gasteiger partial charge on any atom is -0.376 e. The van der Waals surface area contributed by atoms with Gasteiger partial charge in [0.2, 0.25) is 5.91 Å². The van der Waals surface area contributed by atoms with Crippen LogP contribution in [0, 0.1) is 6.92 Å². The van der Waals surface area contributed by atoms with Crippen LogP contribution in [0.15, 0.2) is 18.2 Å². The zero-order valence-electron chi connectivity index (χ0n) is 19.3. The van der Waals surface area contributed by atoms with Crippen LogP contribution in [0.4, 0.5) is 18.9 Å². The molecule has 2 aromatic rings. The number of amides is 2. The van der Waals surface area contributed by atoms with E-state index in [9.17, 15) is 31.2 Å². The molecule has 1 saturated heterocycles. The van der Waals surface area contributed by atoms with E-state index in [1.165, 1.54) is 6.07 Å². The molecule has 1 aromatic carbocycles. The number of carbonyl (C=O) groups excluding carboxylic acids is 2. The van der Waals surface area contributed by atoms with Crippen LogP contribution in [0.3, 0.4) is 0 Å². The van der Waals surface area contributed by atoms with E-state index in [0.29, 0.717) is 27.7 Å². The first-order chi connectivity index (χ1) is 15.5. The van der Waals surface area contributed by atoms with Crippen LogP contribution in [0.1, 0.15) is 42.4 Å². The predicted molar refractivity (Wildman–Crippen MR) is 123 cm³/mol. The summed E-state index contributed by atoms with van der Waals surface area (Å²) in [5.41, 5.74) is 1.69. The van der Waals surface area contributed by atoms with E-state index in [2.05, 4.69) is 20.9 Å². The predicted octanol–water partition coefficient (Wildman–Crippen LogP) is 2.46. The number of anilines is 1. The lowest BCUT2D eigenvalue weighted by Gasteiger charge is -2.24.